The summed E-state index contributed by atoms with van der Waals surface area (Å²) in [5, 5.41) is 18.2. The van der Waals surface area contributed by atoms with Gasteiger partial charge in [0, 0.05) is 54.7 Å². The summed E-state index contributed by atoms with van der Waals surface area (Å²) in [5.74, 6) is 0.953. The number of carboxylic acid groups (broad SMARTS) is 2. The first kappa shape index (κ1) is 68.6. The number of carboxylic acids is 2. The minimum absolute atomic E-state index is 0. The molecular formula is C60H76Fe2O4P2Pd2+2. The first-order valence-corrected chi connectivity index (χ1v) is 28.0. The Kier molecular flexibility index (Phi) is 40.9. The Morgan fingerprint density at radius 2 is 0.643 bits per heavy atom. The number of carbonyl (C=O) groups is 2. The van der Waals surface area contributed by atoms with Crippen molar-refractivity contribution in [3.05, 3.63) is 187 Å². The maximum absolute atomic E-state index is 9.00. The topological polar surface area (TPSA) is 74.6 Å². The van der Waals surface area contributed by atoms with Gasteiger partial charge in [0.2, 0.25) is 0 Å². The summed E-state index contributed by atoms with van der Waals surface area (Å²) in [4.78, 5) is 18.0. The molecule has 0 aromatic heterocycles. The van der Waals surface area contributed by atoms with Crippen LogP contribution in [0.15, 0.2) is 48.5 Å². The fourth-order valence-corrected chi connectivity index (χ4v) is 18.2. The first-order valence-electron chi connectivity index (χ1n) is 25.1. The zero-order valence-electron chi connectivity index (χ0n) is 41.3. The van der Waals surface area contributed by atoms with Gasteiger partial charge >= 0.3 is 34.1 Å². The smallest absolute Gasteiger partial charge is 0.481 e. The molecule has 70 heavy (non-hydrogen) atoms. The van der Waals surface area contributed by atoms with Crippen LogP contribution in [0.3, 0.4) is 0 Å². The van der Waals surface area contributed by atoms with E-state index < -0.39 is 11.9 Å². The van der Waals surface area contributed by atoms with Gasteiger partial charge in [-0.25, -0.2) is 12.8 Å². The zero-order valence-corrected chi connectivity index (χ0v) is 48.4. The third-order valence-corrected chi connectivity index (χ3v) is 20.2. The standard InChI is InChI=1S/2C23H29P.2C5H5.2C2H4O2.2Fe.2Pd/c2*1-3-13-20(14-4-1)24(21-15-5-2-6-16-21)23-18-10-9-17-22(23)19-11-7-8-12-19;2*1-2-4-5-3-1;2*1-2(3)4;;;;/h2*7-11,17-18,20-21H,1-6,13-16H2;2*1-5H;2*1H3,(H,3,4);;;;/q2*-1;;;;;2*+2;;. The molecule has 8 saturated carbocycles. The molecule has 8 aliphatic carbocycles. The average molecular weight is 1250 g/mol. The first-order chi connectivity index (χ1) is 32.3. The summed E-state index contributed by atoms with van der Waals surface area (Å²) in [5.41, 5.74) is 6.82. The third-order valence-electron chi connectivity index (χ3n) is 13.1. The van der Waals surface area contributed by atoms with Gasteiger partial charge in [0.15, 0.2) is 0 Å². The van der Waals surface area contributed by atoms with Crippen molar-refractivity contribution in [2.24, 2.45) is 0 Å². The molecule has 8 fully saturated rings. The van der Waals surface area contributed by atoms with Gasteiger partial charge in [-0.2, -0.15) is 11.8 Å². The zero-order chi connectivity index (χ0) is 46.6. The van der Waals surface area contributed by atoms with Crippen LogP contribution in [0.2, 0.25) is 0 Å². The molecule has 0 unspecified atom stereocenters. The Hall–Kier alpha value is 0.604. The minimum Gasteiger partial charge on any atom is -0.481 e. The average Bonchev–Trinajstić information content (AvgIpc) is 4.22. The number of hydrogen-bond donors (Lipinski definition) is 2. The van der Waals surface area contributed by atoms with Crippen molar-refractivity contribution in [1.29, 1.82) is 0 Å². The number of hydrogen-bond acceptors (Lipinski definition) is 2. The van der Waals surface area contributed by atoms with Crippen molar-refractivity contribution in [1.82, 2.24) is 0 Å². The Bertz CT molecular complexity index is 1420. The van der Waals surface area contributed by atoms with Gasteiger partial charge in [-0.05, 0) is 149 Å². The second-order valence-electron chi connectivity index (χ2n) is 18.1. The largest absolute Gasteiger partial charge is 2.00 e. The Balaban J connectivity index is 0.000000497. The molecule has 0 atom stereocenters. The Morgan fingerprint density at radius 3 is 0.857 bits per heavy atom. The summed E-state index contributed by atoms with van der Waals surface area (Å²) in [6.45, 7) is 2.17. The van der Waals surface area contributed by atoms with Crippen LogP contribution in [-0.4, -0.2) is 44.8 Å². The molecule has 2 aromatic rings. The SMILES string of the molecule is CC(=O)O.CC(=O)O.[C-]1[CH][CH][CH][C]1c1ccccc1P(C1CCCCC1)C1CCCCC1.[C-]1[CH][CH][CH][C]1c1ccccc1P(C1CCCCC1)C1CCCCC1.[CH]1[CH][CH][CH][CH]1.[CH]1[CH][CH][CH][CH]1.[Fe+2].[Fe+2].[Pd].[Pd]. The monoisotopic (exact) mass is 1250 g/mol. The van der Waals surface area contributed by atoms with Crippen molar-refractivity contribution in [2.45, 2.75) is 165 Å². The van der Waals surface area contributed by atoms with E-state index in [1.807, 2.05) is 64.2 Å². The van der Waals surface area contributed by atoms with E-state index in [9.17, 15) is 0 Å². The van der Waals surface area contributed by atoms with Gasteiger partial charge in [0.05, 0.1) is 0 Å². The van der Waals surface area contributed by atoms with Crippen molar-refractivity contribution in [3.63, 3.8) is 0 Å². The van der Waals surface area contributed by atoms with Gasteiger partial charge in [-0.1, -0.05) is 178 Å². The second kappa shape index (κ2) is 41.7. The Morgan fingerprint density at radius 1 is 0.414 bits per heavy atom. The minimum atomic E-state index is -0.833. The van der Waals surface area contributed by atoms with E-state index in [0.717, 1.165) is 36.5 Å². The molecular weight excluding hydrogens is 1170 g/mol. The molecule has 20 radical (unpaired) electrons. The van der Waals surface area contributed by atoms with Crippen LogP contribution in [-0.2, 0) is 84.6 Å². The summed E-state index contributed by atoms with van der Waals surface area (Å²) in [6, 6.07) is 18.6. The van der Waals surface area contributed by atoms with E-state index in [1.54, 1.807) is 10.6 Å². The molecule has 10 rings (SSSR count). The summed E-state index contributed by atoms with van der Waals surface area (Å²) < 4.78 is 0. The molecule has 2 aromatic carbocycles. The van der Waals surface area contributed by atoms with E-state index >= 15 is 0 Å². The normalized spacial score (nSPS) is 21.1. The van der Waals surface area contributed by atoms with Crippen LogP contribution < -0.4 is 10.6 Å². The summed E-state index contributed by atoms with van der Waals surface area (Å²) >= 11 is 0. The fraction of sp³-hybridized carbons (Fsp3) is 0.433. The number of benzene rings is 2. The fourth-order valence-electron chi connectivity index (χ4n) is 10.3. The van der Waals surface area contributed by atoms with Gasteiger partial charge in [0.25, 0.3) is 11.9 Å². The molecule has 384 valence electrons. The van der Waals surface area contributed by atoms with Crippen molar-refractivity contribution in [2.75, 3.05) is 0 Å². The van der Waals surface area contributed by atoms with Gasteiger partial charge in [0.1, 0.15) is 0 Å². The van der Waals surface area contributed by atoms with E-state index in [1.165, 1.54) is 151 Å². The van der Waals surface area contributed by atoms with Crippen LogP contribution in [0, 0.1) is 127 Å². The van der Waals surface area contributed by atoms with Crippen molar-refractivity contribution < 1.29 is 94.8 Å². The molecule has 0 bridgehead atoms. The molecule has 0 heterocycles. The predicted molar refractivity (Wildman–Crippen MR) is 280 cm³/mol. The molecule has 10 heteroatoms. The molecule has 0 amide bonds. The number of rotatable bonds is 8. The summed E-state index contributed by atoms with van der Waals surface area (Å²) in [7, 11) is -0.0752. The Labute approximate surface area is 481 Å². The van der Waals surface area contributed by atoms with Crippen LogP contribution in [0.4, 0.5) is 0 Å². The van der Waals surface area contributed by atoms with Crippen molar-refractivity contribution in [3.8, 4) is 0 Å². The van der Waals surface area contributed by atoms with Crippen LogP contribution in [0.25, 0.3) is 0 Å². The van der Waals surface area contributed by atoms with Crippen LogP contribution in [0.1, 0.15) is 153 Å². The van der Waals surface area contributed by atoms with E-state index in [0.29, 0.717) is 0 Å². The predicted octanol–water partition coefficient (Wildman–Crippen LogP) is 14.4. The van der Waals surface area contributed by atoms with E-state index in [-0.39, 0.29) is 90.8 Å². The molecule has 0 saturated heterocycles. The van der Waals surface area contributed by atoms with Gasteiger partial charge < -0.3 is 23.1 Å². The van der Waals surface area contributed by atoms with Gasteiger partial charge in [-0.3, -0.25) is 9.59 Å². The third kappa shape index (κ3) is 25.6. The quantitative estimate of drug-likeness (QED) is 0.157. The maximum atomic E-state index is 9.00. The molecule has 0 aliphatic heterocycles. The molecule has 8 aliphatic rings. The molecule has 2 N–H and O–H groups in total. The maximum Gasteiger partial charge on any atom is 2.00 e. The van der Waals surface area contributed by atoms with E-state index in [4.69, 9.17) is 19.8 Å². The second-order valence-corrected chi connectivity index (χ2v) is 23.7. The molecule has 4 nitrogen and oxygen atoms in total. The molecule has 0 spiro atoms. The van der Waals surface area contributed by atoms with Crippen molar-refractivity contribution >= 4 is 38.4 Å². The summed E-state index contributed by atoms with van der Waals surface area (Å²) in [6.07, 6.45) is 69.1. The van der Waals surface area contributed by atoms with Crippen LogP contribution >= 0.6 is 15.8 Å². The van der Waals surface area contributed by atoms with Gasteiger partial charge in [-0.15, -0.1) is 0 Å². The number of aliphatic carboxylic acids is 2. The van der Waals surface area contributed by atoms with E-state index in [2.05, 4.69) is 99.9 Å². The van der Waals surface area contributed by atoms with Crippen LogP contribution in [0.5, 0.6) is 0 Å².